The van der Waals surface area contributed by atoms with Crippen LogP contribution in [0.2, 0.25) is 0 Å². The lowest BCUT2D eigenvalue weighted by Crippen LogP contribution is -2.40. The molecule has 354 valence electrons. The number of benzene rings is 3. The molecule has 0 aromatic heterocycles. The fourth-order valence-corrected chi connectivity index (χ4v) is 10.1. The summed E-state index contributed by atoms with van der Waals surface area (Å²) < 4.78 is 31.7. The van der Waals surface area contributed by atoms with Crippen molar-refractivity contribution in [3.63, 3.8) is 0 Å². The fourth-order valence-electron chi connectivity index (χ4n) is 10.1. The Labute approximate surface area is 396 Å². The van der Waals surface area contributed by atoms with Crippen molar-refractivity contribution >= 4 is 35.2 Å². The highest BCUT2D eigenvalue weighted by molar-refractivity contribution is 6.14. The lowest BCUT2D eigenvalue weighted by molar-refractivity contribution is -0.119. The smallest absolute Gasteiger partial charge is 0.260 e. The van der Waals surface area contributed by atoms with Gasteiger partial charge in [0.25, 0.3) is 11.8 Å². The predicted molar refractivity (Wildman–Crippen MR) is 264 cm³/mol. The van der Waals surface area contributed by atoms with Gasteiger partial charge in [-0.15, -0.1) is 6.58 Å². The first kappa shape index (κ1) is 47.9. The third kappa shape index (κ3) is 11.1. The molecule has 3 aliphatic heterocycles. The SMILES string of the molecule is C=C(C)CCc1cc(OCC2CC(COC3C=C4N=CC5Cc6ccccc6N5C(=O)C4=CC3OC)=CC(OCCCC(=O)CCC(C)C)C2)c(OC)cc1C(=O)N1c2ccccc2CC1C. The van der Waals surface area contributed by atoms with Crippen LogP contribution >= 0.6 is 0 Å². The number of carbonyl (C=O) groups is 3. The molecule has 8 rings (SSSR count). The van der Waals surface area contributed by atoms with Gasteiger partial charge in [0, 0.05) is 62.2 Å². The van der Waals surface area contributed by atoms with E-state index in [1.165, 1.54) is 5.56 Å². The highest BCUT2D eigenvalue weighted by Crippen LogP contribution is 2.40. The van der Waals surface area contributed by atoms with Gasteiger partial charge in [0.1, 0.15) is 18.0 Å². The van der Waals surface area contributed by atoms with E-state index in [-0.39, 0.29) is 41.7 Å². The third-order valence-corrected chi connectivity index (χ3v) is 13.6. The molecular weight excluding hydrogens is 843 g/mol. The van der Waals surface area contributed by atoms with Crippen LogP contribution in [0.15, 0.2) is 113 Å². The topological polar surface area (TPSA) is 116 Å². The van der Waals surface area contributed by atoms with Crippen molar-refractivity contribution in [3.05, 3.63) is 130 Å². The number of aryl methyl sites for hydroxylation is 1. The third-order valence-electron chi connectivity index (χ3n) is 13.6. The van der Waals surface area contributed by atoms with E-state index in [2.05, 4.69) is 45.6 Å². The Bertz CT molecular complexity index is 2470. The maximum absolute atomic E-state index is 14.5. The molecule has 67 heavy (non-hydrogen) atoms. The van der Waals surface area contributed by atoms with Gasteiger partial charge >= 0.3 is 0 Å². The molecule has 0 saturated carbocycles. The Morgan fingerprint density at radius 2 is 1.64 bits per heavy atom. The Morgan fingerprint density at radius 1 is 0.881 bits per heavy atom. The number of aliphatic imine (C=N–C) groups is 1. The van der Waals surface area contributed by atoms with Crippen LogP contribution in [0, 0.1) is 11.8 Å². The van der Waals surface area contributed by atoms with Crippen molar-refractivity contribution in [2.24, 2.45) is 16.8 Å². The van der Waals surface area contributed by atoms with Gasteiger partial charge in [0.2, 0.25) is 0 Å². The Balaban J connectivity index is 0.984. The number of hydrogen-bond acceptors (Lipinski definition) is 9. The summed E-state index contributed by atoms with van der Waals surface area (Å²) in [4.78, 5) is 49.7. The largest absolute Gasteiger partial charge is 0.493 e. The van der Waals surface area contributed by atoms with Crippen LogP contribution in [0.4, 0.5) is 11.4 Å². The normalized spacial score (nSPS) is 22.9. The van der Waals surface area contributed by atoms with Crippen LogP contribution in [0.1, 0.15) is 99.7 Å². The summed E-state index contributed by atoms with van der Waals surface area (Å²) in [5, 5.41) is 0. The van der Waals surface area contributed by atoms with E-state index >= 15 is 0 Å². The van der Waals surface area contributed by atoms with Crippen LogP contribution in [0.5, 0.6) is 11.5 Å². The van der Waals surface area contributed by atoms with Gasteiger partial charge in [-0.25, -0.2) is 0 Å². The highest BCUT2D eigenvalue weighted by atomic mass is 16.5. The monoisotopic (exact) mass is 909 g/mol. The van der Waals surface area contributed by atoms with Gasteiger partial charge in [-0.3, -0.25) is 24.3 Å². The zero-order valence-electron chi connectivity index (χ0n) is 40.1. The van der Waals surface area contributed by atoms with Crippen molar-refractivity contribution in [2.75, 3.05) is 43.8 Å². The number of ether oxygens (including phenoxy) is 5. The van der Waals surface area contributed by atoms with Crippen molar-refractivity contribution in [2.45, 2.75) is 122 Å². The fraction of sp³-hybridized carbons (Fsp3) is 0.464. The van der Waals surface area contributed by atoms with Crippen LogP contribution in [0.3, 0.4) is 0 Å². The predicted octanol–water partition coefficient (Wildman–Crippen LogP) is 9.95. The molecule has 3 aromatic carbocycles. The minimum Gasteiger partial charge on any atom is -0.493 e. The standard InChI is InChI=1S/C56H67N3O8/c1-35(2)18-20-40-28-53(51(63-6)29-46(40)55(61)58-37(5)23-41-13-8-10-16-49(41)58)66-33-38-24-39(26-45(25-38)65-22-12-15-44(60)21-19-36(3)4)34-67-54-31-48-47(30-52(54)64-7)56(62)59-43(32-57-48)27-42-14-9-11-17-50(42)59/h8-11,13-14,16-17,26,28-32,36-38,43,45,52,54H,1,12,15,18-25,27,33-34H2,2-7H3. The molecule has 6 atom stereocenters. The maximum Gasteiger partial charge on any atom is 0.260 e. The molecule has 0 spiro atoms. The maximum atomic E-state index is 14.5. The van der Waals surface area contributed by atoms with Crippen LogP contribution in [-0.4, -0.2) is 88.2 Å². The zero-order chi connectivity index (χ0) is 47.2. The van der Waals surface area contributed by atoms with E-state index in [9.17, 15) is 14.4 Å². The van der Waals surface area contributed by atoms with Crippen LogP contribution < -0.4 is 19.3 Å². The second-order valence-corrected chi connectivity index (χ2v) is 19.4. The number of methoxy groups -OCH3 is 2. The number of rotatable bonds is 20. The molecule has 0 bridgehead atoms. The molecule has 2 amide bonds. The average molecular weight is 910 g/mol. The van der Waals surface area contributed by atoms with Gasteiger partial charge in [0.15, 0.2) is 11.5 Å². The number of nitrogens with zero attached hydrogens (tertiary/aromatic N) is 3. The summed E-state index contributed by atoms with van der Waals surface area (Å²) in [5.74, 6) is 1.76. The van der Waals surface area contributed by atoms with E-state index in [4.69, 9.17) is 28.7 Å². The van der Waals surface area contributed by atoms with Crippen molar-refractivity contribution < 1.29 is 38.1 Å². The molecule has 3 aromatic rings. The summed E-state index contributed by atoms with van der Waals surface area (Å²) in [6.07, 6.45) is 13.6. The van der Waals surface area contributed by atoms with E-state index in [1.54, 1.807) is 14.2 Å². The number of para-hydroxylation sites is 2. The van der Waals surface area contributed by atoms with Crippen molar-refractivity contribution in [3.8, 4) is 11.5 Å². The number of carbonyl (C=O) groups excluding carboxylic acids is 3. The van der Waals surface area contributed by atoms with E-state index in [0.29, 0.717) is 86.2 Å². The molecule has 6 unspecified atom stereocenters. The number of allylic oxidation sites excluding steroid dienone is 1. The number of amides is 2. The summed E-state index contributed by atoms with van der Waals surface area (Å²) in [6.45, 7) is 13.7. The molecule has 2 aliphatic carbocycles. The molecule has 0 N–H and O–H groups in total. The number of Topliss-reactive ketones (excluding diaryl/α,β-unsaturated/α-hetero) is 1. The van der Waals surface area contributed by atoms with E-state index < -0.39 is 12.2 Å². The lowest BCUT2D eigenvalue weighted by atomic mass is 9.87. The van der Waals surface area contributed by atoms with Crippen LogP contribution in [0.25, 0.3) is 0 Å². The Kier molecular flexibility index (Phi) is 15.4. The van der Waals surface area contributed by atoms with E-state index in [1.807, 2.05) is 83.6 Å². The molecular formula is C56H67N3O8. The first-order valence-corrected chi connectivity index (χ1v) is 24.2. The Morgan fingerprint density at radius 3 is 2.39 bits per heavy atom. The summed E-state index contributed by atoms with van der Waals surface area (Å²) in [6, 6.07) is 19.8. The molecule has 0 saturated heterocycles. The van der Waals surface area contributed by atoms with Gasteiger partial charge in [-0.2, -0.15) is 0 Å². The number of hydrogen-bond donors (Lipinski definition) is 0. The van der Waals surface area contributed by atoms with E-state index in [0.717, 1.165) is 65.8 Å². The lowest BCUT2D eigenvalue weighted by Gasteiger charge is -2.31. The first-order chi connectivity index (χ1) is 32.4. The van der Waals surface area contributed by atoms with Gasteiger partial charge in [-0.1, -0.05) is 61.9 Å². The second-order valence-electron chi connectivity index (χ2n) is 19.4. The summed E-state index contributed by atoms with van der Waals surface area (Å²) in [5.41, 5.74) is 8.86. The molecule has 0 fully saturated rings. The molecule has 11 nitrogen and oxygen atoms in total. The van der Waals surface area contributed by atoms with Gasteiger partial charge in [0.05, 0.1) is 43.7 Å². The number of anilines is 2. The number of ketones is 1. The summed E-state index contributed by atoms with van der Waals surface area (Å²) >= 11 is 0. The second kappa shape index (κ2) is 21.6. The number of fused-ring (bicyclic) bond motifs is 5. The molecule has 0 radical (unpaired) electrons. The molecule has 5 aliphatic rings. The van der Waals surface area contributed by atoms with Gasteiger partial charge < -0.3 is 28.6 Å². The van der Waals surface area contributed by atoms with Crippen LogP contribution in [-0.2, 0) is 43.1 Å². The molecule has 3 heterocycles. The van der Waals surface area contributed by atoms with Crippen molar-refractivity contribution in [1.29, 1.82) is 0 Å². The highest BCUT2D eigenvalue weighted by Gasteiger charge is 2.40. The van der Waals surface area contributed by atoms with Gasteiger partial charge in [-0.05, 0) is 129 Å². The van der Waals surface area contributed by atoms with Crippen molar-refractivity contribution in [1.82, 2.24) is 0 Å². The first-order valence-electron chi connectivity index (χ1n) is 24.2. The quantitative estimate of drug-likeness (QED) is 0.0813. The molecule has 11 heteroatoms. The minimum atomic E-state index is -0.499. The zero-order valence-corrected chi connectivity index (χ0v) is 40.1. The Hall–Kier alpha value is -5.62. The average Bonchev–Trinajstić information content (AvgIpc) is 3.83. The minimum absolute atomic E-state index is 0.0223. The summed E-state index contributed by atoms with van der Waals surface area (Å²) in [7, 11) is 3.24.